The molecule has 0 aromatic heterocycles. The molecule has 98 valence electrons. The summed E-state index contributed by atoms with van der Waals surface area (Å²) in [6.07, 6.45) is 1.78. The number of halogens is 1. The van der Waals surface area contributed by atoms with E-state index >= 15 is 0 Å². The highest BCUT2D eigenvalue weighted by molar-refractivity contribution is 9.10. The van der Waals surface area contributed by atoms with Gasteiger partial charge < -0.3 is 9.64 Å². The summed E-state index contributed by atoms with van der Waals surface area (Å²) < 4.78 is 6.63. The van der Waals surface area contributed by atoms with Gasteiger partial charge in [-0.3, -0.25) is 4.79 Å². The Labute approximate surface area is 116 Å². The van der Waals surface area contributed by atoms with E-state index < -0.39 is 6.10 Å². The van der Waals surface area contributed by atoms with Crippen LogP contribution in [0.5, 0.6) is 5.75 Å². The number of carbonyl (C=O) groups excluding carboxylic acids is 1. The van der Waals surface area contributed by atoms with E-state index in [9.17, 15) is 4.79 Å². The lowest BCUT2D eigenvalue weighted by Gasteiger charge is -2.21. The van der Waals surface area contributed by atoms with Gasteiger partial charge in [-0.05, 0) is 60.3 Å². The van der Waals surface area contributed by atoms with Crippen molar-refractivity contribution in [1.29, 1.82) is 0 Å². The largest absolute Gasteiger partial charge is 0.480 e. The number of hydrogen-bond donors (Lipinski definition) is 0. The molecule has 0 radical (unpaired) electrons. The number of likely N-dealkylation sites (tertiary alicyclic amines) is 1. The van der Waals surface area contributed by atoms with Crippen LogP contribution in [0.2, 0.25) is 0 Å². The molecule has 1 fully saturated rings. The molecule has 0 N–H and O–H groups in total. The number of aryl methyl sites for hydroxylation is 1. The van der Waals surface area contributed by atoms with Gasteiger partial charge in [0.2, 0.25) is 0 Å². The van der Waals surface area contributed by atoms with Crippen LogP contribution in [-0.2, 0) is 4.79 Å². The van der Waals surface area contributed by atoms with E-state index in [0.717, 1.165) is 41.7 Å². The van der Waals surface area contributed by atoms with Crippen LogP contribution in [0.15, 0.2) is 22.7 Å². The molecule has 2 rings (SSSR count). The van der Waals surface area contributed by atoms with Gasteiger partial charge in [-0.25, -0.2) is 0 Å². The van der Waals surface area contributed by atoms with E-state index in [1.807, 2.05) is 36.9 Å². The second-order valence-corrected chi connectivity index (χ2v) is 5.58. The molecule has 1 heterocycles. The van der Waals surface area contributed by atoms with Crippen LogP contribution in [0.25, 0.3) is 0 Å². The summed E-state index contributed by atoms with van der Waals surface area (Å²) in [6.45, 7) is 5.56. The van der Waals surface area contributed by atoms with Crippen LogP contribution < -0.4 is 4.74 Å². The van der Waals surface area contributed by atoms with Crippen LogP contribution in [-0.4, -0.2) is 30.0 Å². The minimum atomic E-state index is -0.429. The van der Waals surface area contributed by atoms with Crippen LogP contribution in [0.4, 0.5) is 0 Å². The molecule has 4 heteroatoms. The van der Waals surface area contributed by atoms with Gasteiger partial charge in [0.05, 0.1) is 4.47 Å². The first kappa shape index (κ1) is 13.4. The average Bonchev–Trinajstić information content (AvgIpc) is 2.85. The topological polar surface area (TPSA) is 29.5 Å². The fourth-order valence-corrected chi connectivity index (χ4v) is 2.72. The van der Waals surface area contributed by atoms with E-state index in [2.05, 4.69) is 15.9 Å². The van der Waals surface area contributed by atoms with Crippen molar-refractivity contribution in [2.24, 2.45) is 0 Å². The Morgan fingerprint density at radius 3 is 2.67 bits per heavy atom. The maximum Gasteiger partial charge on any atom is 0.263 e. The van der Waals surface area contributed by atoms with Gasteiger partial charge >= 0.3 is 0 Å². The van der Waals surface area contributed by atoms with Crippen LogP contribution in [0.3, 0.4) is 0 Å². The van der Waals surface area contributed by atoms with Crippen LogP contribution >= 0.6 is 15.9 Å². The summed E-state index contributed by atoms with van der Waals surface area (Å²) in [5.41, 5.74) is 1.16. The Hall–Kier alpha value is -1.03. The zero-order chi connectivity index (χ0) is 13.1. The number of nitrogens with zero attached hydrogens (tertiary/aromatic N) is 1. The van der Waals surface area contributed by atoms with Gasteiger partial charge in [-0.2, -0.15) is 0 Å². The summed E-state index contributed by atoms with van der Waals surface area (Å²) in [5.74, 6) is 0.806. The minimum Gasteiger partial charge on any atom is -0.480 e. The Morgan fingerprint density at radius 2 is 2.06 bits per heavy atom. The number of carbonyl (C=O) groups is 1. The molecule has 3 nitrogen and oxygen atoms in total. The quantitative estimate of drug-likeness (QED) is 0.858. The fraction of sp³-hybridized carbons (Fsp3) is 0.500. The number of rotatable bonds is 3. The number of ether oxygens (including phenoxy) is 1. The van der Waals surface area contributed by atoms with Crippen molar-refractivity contribution in [2.45, 2.75) is 32.8 Å². The number of hydrogen-bond acceptors (Lipinski definition) is 2. The normalized spacial score (nSPS) is 16.7. The van der Waals surface area contributed by atoms with Gasteiger partial charge in [0.15, 0.2) is 6.10 Å². The molecule has 0 spiro atoms. The summed E-state index contributed by atoms with van der Waals surface area (Å²) in [4.78, 5) is 14.0. The molecular weight excluding hydrogens is 294 g/mol. The van der Waals surface area contributed by atoms with Crippen molar-refractivity contribution < 1.29 is 9.53 Å². The molecule has 1 aromatic carbocycles. The Bertz CT molecular complexity index is 441. The maximum absolute atomic E-state index is 12.1. The van der Waals surface area contributed by atoms with Gasteiger partial charge in [0.1, 0.15) is 5.75 Å². The molecule has 1 amide bonds. The highest BCUT2D eigenvalue weighted by Gasteiger charge is 2.24. The third kappa shape index (κ3) is 3.05. The van der Waals surface area contributed by atoms with Crippen LogP contribution in [0.1, 0.15) is 25.3 Å². The molecule has 1 unspecified atom stereocenters. The number of amides is 1. The lowest BCUT2D eigenvalue weighted by atomic mass is 10.2. The van der Waals surface area contributed by atoms with E-state index in [4.69, 9.17) is 4.74 Å². The Morgan fingerprint density at radius 1 is 1.39 bits per heavy atom. The molecular formula is C14H18BrNO2. The van der Waals surface area contributed by atoms with Gasteiger partial charge in [-0.15, -0.1) is 0 Å². The fourth-order valence-electron chi connectivity index (χ4n) is 2.14. The lowest BCUT2D eigenvalue weighted by molar-refractivity contribution is -0.136. The van der Waals surface area contributed by atoms with Crippen molar-refractivity contribution in [2.75, 3.05) is 13.1 Å². The SMILES string of the molecule is Cc1ccc(OC(C)C(=O)N2CCCC2)c(Br)c1. The Balaban J connectivity index is 2.01. The van der Waals surface area contributed by atoms with Gasteiger partial charge in [0.25, 0.3) is 5.91 Å². The van der Waals surface area contributed by atoms with E-state index in [-0.39, 0.29) is 5.91 Å². The number of benzene rings is 1. The smallest absolute Gasteiger partial charge is 0.263 e. The van der Waals surface area contributed by atoms with Crippen molar-refractivity contribution in [3.05, 3.63) is 28.2 Å². The molecule has 18 heavy (non-hydrogen) atoms. The predicted octanol–water partition coefficient (Wildman–Crippen LogP) is 3.15. The first-order valence-corrected chi connectivity index (χ1v) is 7.09. The van der Waals surface area contributed by atoms with E-state index in [1.54, 1.807) is 0 Å². The molecule has 0 aliphatic carbocycles. The molecule has 1 aromatic rings. The molecule has 1 aliphatic rings. The summed E-state index contributed by atoms with van der Waals surface area (Å²) in [7, 11) is 0. The summed E-state index contributed by atoms with van der Waals surface area (Å²) in [6, 6.07) is 5.86. The average molecular weight is 312 g/mol. The molecule has 1 atom stereocenters. The predicted molar refractivity (Wildman–Crippen MR) is 74.8 cm³/mol. The zero-order valence-electron chi connectivity index (χ0n) is 10.8. The maximum atomic E-state index is 12.1. The van der Waals surface area contributed by atoms with Crippen molar-refractivity contribution in [1.82, 2.24) is 4.90 Å². The molecule has 0 saturated carbocycles. The first-order chi connectivity index (χ1) is 8.58. The van der Waals surface area contributed by atoms with Gasteiger partial charge in [-0.1, -0.05) is 6.07 Å². The lowest BCUT2D eigenvalue weighted by Crippen LogP contribution is -2.38. The third-order valence-corrected chi connectivity index (χ3v) is 3.78. The zero-order valence-corrected chi connectivity index (χ0v) is 12.4. The van der Waals surface area contributed by atoms with Crippen molar-refractivity contribution in [3.63, 3.8) is 0 Å². The summed E-state index contributed by atoms with van der Waals surface area (Å²) in [5, 5.41) is 0. The highest BCUT2D eigenvalue weighted by atomic mass is 79.9. The molecule has 0 bridgehead atoms. The van der Waals surface area contributed by atoms with Gasteiger partial charge in [0, 0.05) is 13.1 Å². The highest BCUT2D eigenvalue weighted by Crippen LogP contribution is 2.27. The molecule has 1 aliphatic heterocycles. The van der Waals surface area contributed by atoms with E-state index in [0.29, 0.717) is 0 Å². The first-order valence-electron chi connectivity index (χ1n) is 6.29. The molecule has 1 saturated heterocycles. The summed E-state index contributed by atoms with van der Waals surface area (Å²) >= 11 is 3.46. The van der Waals surface area contributed by atoms with E-state index in [1.165, 1.54) is 0 Å². The second-order valence-electron chi connectivity index (χ2n) is 4.73. The minimum absolute atomic E-state index is 0.0833. The van der Waals surface area contributed by atoms with Crippen molar-refractivity contribution >= 4 is 21.8 Å². The second kappa shape index (κ2) is 5.74. The Kier molecular flexibility index (Phi) is 4.27. The van der Waals surface area contributed by atoms with Crippen LogP contribution in [0, 0.1) is 6.92 Å². The standard InChI is InChI=1S/C14H18BrNO2/c1-10-5-6-13(12(15)9-10)18-11(2)14(17)16-7-3-4-8-16/h5-6,9,11H,3-4,7-8H2,1-2H3. The van der Waals surface area contributed by atoms with Crippen molar-refractivity contribution in [3.8, 4) is 5.75 Å². The monoisotopic (exact) mass is 311 g/mol. The third-order valence-electron chi connectivity index (χ3n) is 3.16.